The zero-order valence-corrected chi connectivity index (χ0v) is 11.5. The van der Waals surface area contributed by atoms with Crippen LogP contribution < -0.4 is 0 Å². The van der Waals surface area contributed by atoms with E-state index in [9.17, 15) is 4.79 Å². The highest BCUT2D eigenvalue weighted by molar-refractivity contribution is 14.1. The summed E-state index contributed by atoms with van der Waals surface area (Å²) in [6.07, 6.45) is 0. The Kier molecular flexibility index (Phi) is 3.63. The molecule has 0 N–H and O–H groups in total. The van der Waals surface area contributed by atoms with Gasteiger partial charge in [-0.25, -0.2) is 4.79 Å². The second kappa shape index (κ2) is 5.01. The molecule has 1 aromatic carbocycles. The van der Waals surface area contributed by atoms with Crippen LogP contribution >= 0.6 is 34.2 Å². The monoisotopic (exact) mass is 364 g/mol. The number of methoxy groups -OCH3 is 1. The second-order valence-electron chi connectivity index (χ2n) is 3.03. The minimum absolute atomic E-state index is 0.183. The largest absolute Gasteiger partial charge is 0.462 e. The highest BCUT2D eigenvalue weighted by atomic mass is 127. The van der Waals surface area contributed by atoms with Gasteiger partial charge in [-0.05, 0) is 40.8 Å². The first kappa shape index (κ1) is 12.3. The molecule has 1 aromatic heterocycles. The van der Waals surface area contributed by atoms with Crippen LogP contribution in [0.15, 0.2) is 22.6 Å². The van der Waals surface area contributed by atoms with Gasteiger partial charge in [-0.1, -0.05) is 11.6 Å². The quantitative estimate of drug-likeness (QED) is 0.605. The van der Waals surface area contributed by atoms with Gasteiger partial charge in [-0.15, -0.1) is 10.2 Å². The van der Waals surface area contributed by atoms with Crippen LogP contribution in [0.1, 0.15) is 10.7 Å². The molecule has 88 valence electrons. The maximum absolute atomic E-state index is 11.1. The molecule has 5 nitrogen and oxygen atoms in total. The first-order valence-electron chi connectivity index (χ1n) is 4.49. The lowest BCUT2D eigenvalue weighted by atomic mass is 10.2. The molecule has 17 heavy (non-hydrogen) atoms. The number of aromatic nitrogens is 2. The fourth-order valence-electron chi connectivity index (χ4n) is 1.14. The van der Waals surface area contributed by atoms with Crippen molar-refractivity contribution in [3.05, 3.63) is 32.7 Å². The van der Waals surface area contributed by atoms with Crippen molar-refractivity contribution in [2.75, 3.05) is 7.11 Å². The van der Waals surface area contributed by atoms with Gasteiger partial charge in [0.1, 0.15) is 0 Å². The van der Waals surface area contributed by atoms with E-state index in [0.717, 1.165) is 3.57 Å². The van der Waals surface area contributed by atoms with Gasteiger partial charge >= 0.3 is 11.9 Å². The first-order chi connectivity index (χ1) is 8.11. The van der Waals surface area contributed by atoms with Crippen molar-refractivity contribution in [1.82, 2.24) is 10.2 Å². The Balaban J connectivity index is 2.37. The number of carbonyl (C=O) groups is 1. The molecule has 0 aliphatic rings. The molecule has 0 radical (unpaired) electrons. The van der Waals surface area contributed by atoms with Crippen LogP contribution in [0.4, 0.5) is 0 Å². The minimum atomic E-state index is -0.666. The molecule has 1 heterocycles. The summed E-state index contributed by atoms with van der Waals surface area (Å²) in [7, 11) is 1.24. The molecule has 0 bridgehead atoms. The zero-order valence-electron chi connectivity index (χ0n) is 8.61. The van der Waals surface area contributed by atoms with Gasteiger partial charge in [0.05, 0.1) is 12.1 Å². The summed E-state index contributed by atoms with van der Waals surface area (Å²) in [4.78, 5) is 11.1. The van der Waals surface area contributed by atoms with E-state index >= 15 is 0 Å². The SMILES string of the molecule is COC(=O)c1nnc(-c2ccc(I)c(Cl)c2)o1. The van der Waals surface area contributed by atoms with Crippen molar-refractivity contribution >= 4 is 40.2 Å². The van der Waals surface area contributed by atoms with E-state index in [-0.39, 0.29) is 11.8 Å². The van der Waals surface area contributed by atoms with Crippen LogP contribution in [0.3, 0.4) is 0 Å². The zero-order chi connectivity index (χ0) is 12.4. The molecule has 2 aromatic rings. The van der Waals surface area contributed by atoms with Crippen molar-refractivity contribution < 1.29 is 13.9 Å². The lowest BCUT2D eigenvalue weighted by molar-refractivity contribution is 0.0556. The van der Waals surface area contributed by atoms with Crippen LogP contribution in [0, 0.1) is 3.57 Å². The van der Waals surface area contributed by atoms with Gasteiger partial charge < -0.3 is 9.15 Å². The molecule has 0 spiro atoms. The topological polar surface area (TPSA) is 65.2 Å². The van der Waals surface area contributed by atoms with Gasteiger partial charge in [0, 0.05) is 9.13 Å². The average Bonchev–Trinajstić information content (AvgIpc) is 2.81. The normalized spacial score (nSPS) is 10.3. The van der Waals surface area contributed by atoms with E-state index < -0.39 is 5.97 Å². The highest BCUT2D eigenvalue weighted by Crippen LogP contribution is 2.25. The summed E-state index contributed by atoms with van der Waals surface area (Å²) in [6.45, 7) is 0. The molecule has 0 unspecified atom stereocenters. The van der Waals surface area contributed by atoms with Crippen molar-refractivity contribution in [2.24, 2.45) is 0 Å². The summed E-state index contributed by atoms with van der Waals surface area (Å²) in [5.41, 5.74) is 0.651. The highest BCUT2D eigenvalue weighted by Gasteiger charge is 2.16. The van der Waals surface area contributed by atoms with Crippen molar-refractivity contribution in [3.63, 3.8) is 0 Å². The number of hydrogen-bond acceptors (Lipinski definition) is 5. The van der Waals surface area contributed by atoms with E-state index in [0.29, 0.717) is 10.6 Å². The summed E-state index contributed by atoms with van der Waals surface area (Å²) in [6, 6.07) is 5.29. The first-order valence-corrected chi connectivity index (χ1v) is 5.94. The average molecular weight is 365 g/mol. The Bertz CT molecular complexity index is 570. The predicted molar refractivity (Wildman–Crippen MR) is 68.8 cm³/mol. The van der Waals surface area contributed by atoms with E-state index in [1.54, 1.807) is 12.1 Å². The number of benzene rings is 1. The molecule has 7 heteroatoms. The van der Waals surface area contributed by atoms with Crippen LogP contribution in [0.2, 0.25) is 5.02 Å². The molecule has 0 fully saturated rings. The summed E-state index contributed by atoms with van der Waals surface area (Å²) in [5.74, 6) is -0.624. The van der Waals surface area contributed by atoms with Crippen LogP contribution in [-0.2, 0) is 4.74 Å². The van der Waals surface area contributed by atoms with E-state index in [1.165, 1.54) is 7.11 Å². The van der Waals surface area contributed by atoms with Crippen LogP contribution in [0.25, 0.3) is 11.5 Å². The number of nitrogens with zero attached hydrogens (tertiary/aromatic N) is 2. The fraction of sp³-hybridized carbons (Fsp3) is 0.100. The number of ether oxygens (including phenoxy) is 1. The van der Waals surface area contributed by atoms with E-state index in [2.05, 4.69) is 37.5 Å². The molecule has 0 aliphatic carbocycles. The summed E-state index contributed by atoms with van der Waals surface area (Å²) >= 11 is 8.08. The standard InChI is InChI=1S/C10H6ClIN2O3/c1-16-10(15)9-14-13-8(17-9)5-2-3-7(12)6(11)4-5/h2-4H,1H3. The van der Waals surface area contributed by atoms with Gasteiger partial charge in [-0.3, -0.25) is 0 Å². The van der Waals surface area contributed by atoms with Crippen molar-refractivity contribution in [3.8, 4) is 11.5 Å². The summed E-state index contributed by atoms with van der Waals surface area (Å²) < 4.78 is 10.5. The number of hydrogen-bond donors (Lipinski definition) is 0. The minimum Gasteiger partial charge on any atom is -0.462 e. The lowest BCUT2D eigenvalue weighted by Crippen LogP contribution is -2.00. The number of halogens is 2. The maximum Gasteiger partial charge on any atom is 0.396 e. The van der Waals surface area contributed by atoms with E-state index in [1.807, 2.05) is 6.07 Å². The van der Waals surface area contributed by atoms with Gasteiger partial charge in [0.25, 0.3) is 0 Å². The molecule has 0 saturated heterocycles. The van der Waals surface area contributed by atoms with Gasteiger partial charge in [0.15, 0.2) is 0 Å². The molecule has 0 amide bonds. The lowest BCUT2D eigenvalue weighted by Gasteiger charge is -1.97. The molecule has 0 aliphatic heterocycles. The van der Waals surface area contributed by atoms with Crippen molar-refractivity contribution in [1.29, 1.82) is 0 Å². The Labute approximate surface area is 115 Å². The third-order valence-electron chi connectivity index (χ3n) is 1.95. The second-order valence-corrected chi connectivity index (χ2v) is 4.60. The van der Waals surface area contributed by atoms with Crippen molar-refractivity contribution in [2.45, 2.75) is 0 Å². The van der Waals surface area contributed by atoms with Crippen LogP contribution in [-0.4, -0.2) is 23.3 Å². The molecule has 0 atom stereocenters. The van der Waals surface area contributed by atoms with Gasteiger partial charge in [0.2, 0.25) is 5.89 Å². The molecular formula is C10H6ClIN2O3. The van der Waals surface area contributed by atoms with Crippen LogP contribution in [0.5, 0.6) is 0 Å². The Morgan fingerprint density at radius 2 is 2.24 bits per heavy atom. The molecular weight excluding hydrogens is 358 g/mol. The molecule has 0 saturated carbocycles. The summed E-state index contributed by atoms with van der Waals surface area (Å²) in [5, 5.41) is 7.91. The smallest absolute Gasteiger partial charge is 0.396 e. The third-order valence-corrected chi connectivity index (χ3v) is 3.52. The number of rotatable bonds is 2. The fourth-order valence-corrected chi connectivity index (χ4v) is 1.65. The van der Waals surface area contributed by atoms with E-state index in [4.69, 9.17) is 16.0 Å². The Morgan fingerprint density at radius 3 is 2.88 bits per heavy atom. The van der Waals surface area contributed by atoms with Gasteiger partial charge in [-0.2, -0.15) is 0 Å². The molecule has 2 rings (SSSR count). The maximum atomic E-state index is 11.1. The third kappa shape index (κ3) is 2.58. The predicted octanol–water partition coefficient (Wildman–Crippen LogP) is 2.78. The number of carbonyl (C=O) groups excluding carboxylic acids is 1. The number of esters is 1. The Morgan fingerprint density at radius 1 is 1.47 bits per heavy atom. The Hall–Kier alpha value is -1.15.